The summed E-state index contributed by atoms with van der Waals surface area (Å²) in [5, 5.41) is 6.69. The zero-order valence-corrected chi connectivity index (χ0v) is 4.83. The van der Waals surface area contributed by atoms with Crippen LogP contribution in [0.15, 0.2) is 0 Å². The SMILES string of the molecule is CCC(=N)[Se]. The molecule has 0 aliphatic rings. The molecule has 0 saturated carbocycles. The number of hydrogen-bond acceptors (Lipinski definition) is 1. The zero-order chi connectivity index (χ0) is 4.28. The molecule has 1 N–H and O–H groups in total. The van der Waals surface area contributed by atoms with Gasteiger partial charge >= 0.3 is 39.4 Å². The van der Waals surface area contributed by atoms with Gasteiger partial charge in [0, 0.05) is 0 Å². The molecule has 0 heterocycles. The van der Waals surface area contributed by atoms with Crippen molar-refractivity contribution in [2.75, 3.05) is 0 Å². The van der Waals surface area contributed by atoms with Crippen LogP contribution in [0.4, 0.5) is 0 Å². The summed E-state index contributed by atoms with van der Waals surface area (Å²) in [6.07, 6.45) is 0.833. The molecule has 2 heteroatoms. The second kappa shape index (κ2) is 2.43. The van der Waals surface area contributed by atoms with Gasteiger partial charge in [-0.05, 0) is 0 Å². The van der Waals surface area contributed by atoms with Gasteiger partial charge in [-0.2, -0.15) is 0 Å². The molecule has 0 aromatic carbocycles. The molecule has 0 unspecified atom stereocenters. The normalized spacial score (nSPS) is 7.40. The van der Waals surface area contributed by atoms with Crippen LogP contribution in [0.1, 0.15) is 13.3 Å². The van der Waals surface area contributed by atoms with Crippen LogP contribution in [0.25, 0.3) is 0 Å². The molecule has 0 aliphatic heterocycles. The van der Waals surface area contributed by atoms with Crippen molar-refractivity contribution in [3.05, 3.63) is 0 Å². The van der Waals surface area contributed by atoms with Gasteiger partial charge in [0.2, 0.25) is 0 Å². The summed E-state index contributed by atoms with van der Waals surface area (Å²) in [6.45, 7) is 1.94. The average molecular weight is 135 g/mol. The second-order valence-electron chi connectivity index (χ2n) is 0.777. The third-order valence-electron chi connectivity index (χ3n) is 0.321. The molecule has 0 saturated heterocycles. The van der Waals surface area contributed by atoms with Gasteiger partial charge in [0.1, 0.15) is 0 Å². The topological polar surface area (TPSA) is 23.9 Å². The Morgan fingerprint density at radius 2 is 2.20 bits per heavy atom. The first kappa shape index (κ1) is 5.19. The molecule has 0 bridgehead atoms. The summed E-state index contributed by atoms with van der Waals surface area (Å²) < 4.78 is 0.630. The van der Waals surface area contributed by atoms with Crippen molar-refractivity contribution < 1.29 is 0 Å². The van der Waals surface area contributed by atoms with E-state index in [2.05, 4.69) is 16.0 Å². The van der Waals surface area contributed by atoms with Gasteiger partial charge in [-0.15, -0.1) is 0 Å². The van der Waals surface area contributed by atoms with Crippen LogP contribution >= 0.6 is 0 Å². The molecule has 0 aromatic rings. The van der Waals surface area contributed by atoms with Gasteiger partial charge in [0.25, 0.3) is 0 Å². The van der Waals surface area contributed by atoms with Crippen LogP contribution in [-0.2, 0) is 0 Å². The van der Waals surface area contributed by atoms with Gasteiger partial charge in [-0.1, -0.05) is 0 Å². The van der Waals surface area contributed by atoms with E-state index in [1.165, 1.54) is 0 Å². The van der Waals surface area contributed by atoms with Gasteiger partial charge in [-0.25, -0.2) is 0 Å². The van der Waals surface area contributed by atoms with Crippen molar-refractivity contribution in [3.8, 4) is 0 Å². The predicted octanol–water partition coefficient (Wildman–Crippen LogP) is 0.542. The van der Waals surface area contributed by atoms with Crippen molar-refractivity contribution in [2.45, 2.75) is 13.3 Å². The molecular weight excluding hydrogens is 129 g/mol. The maximum atomic E-state index is 6.69. The van der Waals surface area contributed by atoms with Crippen molar-refractivity contribution in [1.29, 1.82) is 5.41 Å². The molecule has 0 aliphatic carbocycles. The monoisotopic (exact) mass is 136 g/mol. The van der Waals surface area contributed by atoms with Crippen molar-refractivity contribution >= 4 is 20.6 Å². The van der Waals surface area contributed by atoms with E-state index in [0.29, 0.717) is 4.61 Å². The molecular formula is C3H6NSe. The third kappa shape index (κ3) is 4.19. The molecule has 1 nitrogen and oxygen atoms in total. The van der Waals surface area contributed by atoms with Crippen LogP contribution in [0.2, 0.25) is 0 Å². The minimum absolute atomic E-state index is 0.630. The Morgan fingerprint density at radius 1 is 2.00 bits per heavy atom. The number of rotatable bonds is 1. The Hall–Kier alpha value is 0.189. The Bertz CT molecular complexity index is 42.2. The van der Waals surface area contributed by atoms with E-state index >= 15 is 0 Å². The third-order valence-corrected chi connectivity index (χ3v) is 0.927. The Morgan fingerprint density at radius 3 is 2.20 bits per heavy atom. The van der Waals surface area contributed by atoms with E-state index in [0.717, 1.165) is 6.42 Å². The summed E-state index contributed by atoms with van der Waals surface area (Å²) in [5.41, 5.74) is 0. The van der Waals surface area contributed by atoms with E-state index in [4.69, 9.17) is 5.41 Å². The van der Waals surface area contributed by atoms with Gasteiger partial charge in [0.05, 0.1) is 0 Å². The summed E-state index contributed by atoms with van der Waals surface area (Å²) in [5.74, 6) is 0. The molecule has 5 heavy (non-hydrogen) atoms. The number of hydrogen-bond donors (Lipinski definition) is 1. The molecule has 0 rings (SSSR count). The van der Waals surface area contributed by atoms with Crippen LogP contribution < -0.4 is 0 Å². The quantitative estimate of drug-likeness (QED) is 0.401. The van der Waals surface area contributed by atoms with Gasteiger partial charge in [0.15, 0.2) is 0 Å². The van der Waals surface area contributed by atoms with E-state index in [9.17, 15) is 0 Å². The van der Waals surface area contributed by atoms with E-state index in [1.807, 2.05) is 6.92 Å². The van der Waals surface area contributed by atoms with Crippen LogP contribution in [0.5, 0.6) is 0 Å². The first-order valence-electron chi connectivity index (χ1n) is 1.51. The van der Waals surface area contributed by atoms with Crippen molar-refractivity contribution in [3.63, 3.8) is 0 Å². The summed E-state index contributed by atoms with van der Waals surface area (Å²) in [6, 6.07) is 0. The Balaban J connectivity index is 2.85. The van der Waals surface area contributed by atoms with Gasteiger partial charge < -0.3 is 0 Å². The summed E-state index contributed by atoms with van der Waals surface area (Å²) in [7, 11) is 0. The fraction of sp³-hybridized carbons (Fsp3) is 0.667. The minimum atomic E-state index is 0.630. The fourth-order valence-electron chi connectivity index (χ4n) is 0. The second-order valence-corrected chi connectivity index (χ2v) is 1.81. The molecule has 0 aromatic heterocycles. The fourth-order valence-corrected chi connectivity index (χ4v) is 0. The average Bonchev–Trinajstić information content (AvgIpc) is 1.38. The summed E-state index contributed by atoms with van der Waals surface area (Å²) in [4.78, 5) is 0. The summed E-state index contributed by atoms with van der Waals surface area (Å²) >= 11 is 2.57. The maximum absolute atomic E-state index is 6.69. The molecule has 0 atom stereocenters. The molecule has 0 spiro atoms. The van der Waals surface area contributed by atoms with Gasteiger partial charge in [-0.3, -0.25) is 0 Å². The van der Waals surface area contributed by atoms with E-state index in [-0.39, 0.29) is 0 Å². The standard InChI is InChI=1S/C3H6NSe/c1-2-3(4)5/h4H,2H2,1H3. The predicted molar refractivity (Wildman–Crippen MR) is 23.8 cm³/mol. The number of nitrogens with one attached hydrogen (secondary N) is 1. The van der Waals surface area contributed by atoms with Crippen molar-refractivity contribution in [2.24, 2.45) is 0 Å². The Kier molecular flexibility index (Phi) is 2.52. The first-order chi connectivity index (χ1) is 2.27. The van der Waals surface area contributed by atoms with E-state index in [1.54, 1.807) is 0 Å². The van der Waals surface area contributed by atoms with Crippen LogP contribution in [0.3, 0.4) is 0 Å². The van der Waals surface area contributed by atoms with Crippen LogP contribution in [0, 0.1) is 5.41 Å². The Labute approximate surface area is 40.1 Å². The molecule has 1 radical (unpaired) electrons. The van der Waals surface area contributed by atoms with Crippen LogP contribution in [-0.4, -0.2) is 20.6 Å². The van der Waals surface area contributed by atoms with E-state index < -0.39 is 0 Å². The first-order valence-corrected chi connectivity index (χ1v) is 2.37. The van der Waals surface area contributed by atoms with Crippen molar-refractivity contribution in [1.82, 2.24) is 0 Å². The molecule has 0 amide bonds. The molecule has 29 valence electrons. The zero-order valence-electron chi connectivity index (χ0n) is 3.12. The molecule has 0 fully saturated rings.